The summed E-state index contributed by atoms with van der Waals surface area (Å²) in [5, 5.41) is 10.1. The van der Waals surface area contributed by atoms with Gasteiger partial charge in [-0.2, -0.15) is 0 Å². The third-order valence-corrected chi connectivity index (χ3v) is 6.46. The number of hydrogen-bond donors (Lipinski definition) is 2. The molecular weight excluding hydrogens is 384 g/mol. The van der Waals surface area contributed by atoms with Crippen LogP contribution in [0.1, 0.15) is 27.0 Å². The topological polar surface area (TPSA) is 101 Å². The lowest BCUT2D eigenvalue weighted by atomic mass is 10.1. The van der Waals surface area contributed by atoms with Gasteiger partial charge in [-0.25, -0.2) is 13.1 Å². The van der Waals surface area contributed by atoms with Crippen molar-refractivity contribution in [1.82, 2.24) is 14.9 Å². The highest BCUT2D eigenvalue weighted by Crippen LogP contribution is 2.21. The Labute approximate surface area is 161 Å². The van der Waals surface area contributed by atoms with Gasteiger partial charge in [-0.3, -0.25) is 10.1 Å². The van der Waals surface area contributed by atoms with Gasteiger partial charge in [0.25, 0.3) is 15.9 Å². The number of carbonyl (C=O) groups excluding carboxylic acids is 1. The molecule has 0 aliphatic heterocycles. The number of aryl methyl sites for hydroxylation is 2. The van der Waals surface area contributed by atoms with Crippen LogP contribution in [0.15, 0.2) is 52.9 Å². The molecule has 0 aliphatic rings. The number of rotatable bonds is 6. The van der Waals surface area contributed by atoms with Crippen molar-refractivity contribution < 1.29 is 13.2 Å². The summed E-state index contributed by atoms with van der Waals surface area (Å²) in [6.07, 6.45) is 0. The molecule has 3 rings (SSSR count). The first-order valence-electron chi connectivity index (χ1n) is 8.11. The van der Waals surface area contributed by atoms with E-state index in [1.807, 2.05) is 44.2 Å². The van der Waals surface area contributed by atoms with Crippen LogP contribution in [-0.4, -0.2) is 24.5 Å². The van der Waals surface area contributed by atoms with E-state index in [1.54, 1.807) is 18.2 Å². The van der Waals surface area contributed by atoms with Crippen LogP contribution in [0.3, 0.4) is 0 Å². The van der Waals surface area contributed by atoms with Crippen molar-refractivity contribution in [2.75, 3.05) is 5.32 Å². The zero-order chi connectivity index (χ0) is 19.4. The maximum atomic E-state index is 12.4. The van der Waals surface area contributed by atoms with Crippen molar-refractivity contribution in [3.63, 3.8) is 0 Å². The Hall–Kier alpha value is -2.62. The average molecular weight is 403 g/mol. The van der Waals surface area contributed by atoms with Gasteiger partial charge in [-0.05, 0) is 37.1 Å². The molecule has 0 atom stereocenters. The number of nitrogens with one attached hydrogen (secondary N) is 2. The predicted molar refractivity (Wildman–Crippen MR) is 104 cm³/mol. The van der Waals surface area contributed by atoms with Crippen LogP contribution in [0.5, 0.6) is 0 Å². The molecule has 0 spiro atoms. The average Bonchev–Trinajstić information content (AvgIpc) is 3.10. The molecule has 27 heavy (non-hydrogen) atoms. The van der Waals surface area contributed by atoms with Crippen LogP contribution in [0, 0.1) is 13.8 Å². The number of hydrogen-bond acceptors (Lipinski definition) is 6. The SMILES string of the molecule is Cc1cccc(C(=O)Nc2nnc(S(=O)(=O)NCc3ccccc3C)s2)c1. The van der Waals surface area contributed by atoms with Crippen molar-refractivity contribution in [3.05, 3.63) is 70.8 Å². The molecule has 0 radical (unpaired) electrons. The van der Waals surface area contributed by atoms with E-state index in [0.29, 0.717) is 5.56 Å². The lowest BCUT2D eigenvalue weighted by Gasteiger charge is -2.06. The number of amides is 1. The van der Waals surface area contributed by atoms with Crippen LogP contribution < -0.4 is 10.0 Å². The largest absolute Gasteiger partial charge is 0.296 e. The molecule has 9 heteroatoms. The number of nitrogens with zero attached hydrogens (tertiary/aromatic N) is 2. The van der Waals surface area contributed by atoms with E-state index in [0.717, 1.165) is 28.0 Å². The molecule has 2 N–H and O–H groups in total. The third kappa shape index (κ3) is 4.76. The van der Waals surface area contributed by atoms with Crippen molar-refractivity contribution >= 4 is 32.4 Å². The van der Waals surface area contributed by atoms with Crippen LogP contribution >= 0.6 is 11.3 Å². The molecule has 2 aromatic carbocycles. The minimum Gasteiger partial charge on any atom is -0.296 e. The molecule has 0 aliphatic carbocycles. The Balaban J connectivity index is 1.69. The Morgan fingerprint density at radius 2 is 1.85 bits per heavy atom. The van der Waals surface area contributed by atoms with Gasteiger partial charge in [0.15, 0.2) is 0 Å². The lowest BCUT2D eigenvalue weighted by molar-refractivity contribution is 0.102. The van der Waals surface area contributed by atoms with Crippen LogP contribution in [-0.2, 0) is 16.6 Å². The first-order valence-corrected chi connectivity index (χ1v) is 10.4. The molecule has 0 unspecified atom stereocenters. The molecular formula is C18H18N4O3S2. The summed E-state index contributed by atoms with van der Waals surface area (Å²) in [7, 11) is -3.82. The molecule has 3 aromatic rings. The van der Waals surface area contributed by atoms with Crippen LogP contribution in [0.2, 0.25) is 0 Å². The summed E-state index contributed by atoms with van der Waals surface area (Å²) >= 11 is 0.802. The summed E-state index contributed by atoms with van der Waals surface area (Å²) in [6, 6.07) is 14.6. The Morgan fingerprint density at radius 1 is 1.07 bits per heavy atom. The highest BCUT2D eigenvalue weighted by atomic mass is 32.2. The molecule has 0 saturated heterocycles. The third-order valence-electron chi connectivity index (χ3n) is 3.85. The van der Waals surface area contributed by atoms with Crippen molar-refractivity contribution in [2.45, 2.75) is 24.7 Å². The maximum Gasteiger partial charge on any atom is 0.270 e. The van der Waals surface area contributed by atoms with E-state index >= 15 is 0 Å². The van der Waals surface area contributed by atoms with E-state index < -0.39 is 10.0 Å². The molecule has 0 saturated carbocycles. The molecule has 7 nitrogen and oxygen atoms in total. The quantitative estimate of drug-likeness (QED) is 0.618. The van der Waals surface area contributed by atoms with E-state index in [4.69, 9.17) is 0 Å². The van der Waals surface area contributed by atoms with Gasteiger partial charge in [0.05, 0.1) is 0 Å². The molecule has 140 valence electrons. The van der Waals surface area contributed by atoms with Gasteiger partial charge < -0.3 is 0 Å². The van der Waals surface area contributed by atoms with Crippen LogP contribution in [0.25, 0.3) is 0 Å². The summed E-state index contributed by atoms with van der Waals surface area (Å²) in [5.41, 5.74) is 3.28. The highest BCUT2D eigenvalue weighted by molar-refractivity contribution is 7.91. The Kier molecular flexibility index (Phi) is 5.64. The zero-order valence-electron chi connectivity index (χ0n) is 14.8. The molecule has 0 bridgehead atoms. The molecule has 0 fully saturated rings. The standard InChI is InChI=1S/C18H18N4O3S2/c1-12-6-5-9-14(10-12)16(23)20-17-21-22-18(26-17)27(24,25)19-11-15-8-4-3-7-13(15)2/h3-10,19H,11H2,1-2H3,(H,20,21,23). The predicted octanol–water partition coefficient (Wildman–Crippen LogP) is 2.89. The van der Waals surface area contributed by atoms with Gasteiger partial charge in [-0.15, -0.1) is 10.2 Å². The minimum atomic E-state index is -3.82. The second-order valence-corrected chi connectivity index (χ2v) is 8.87. The van der Waals surface area contributed by atoms with E-state index in [-0.39, 0.29) is 21.9 Å². The maximum absolute atomic E-state index is 12.4. The first-order chi connectivity index (χ1) is 12.8. The van der Waals surface area contributed by atoms with Crippen molar-refractivity contribution in [2.24, 2.45) is 0 Å². The van der Waals surface area contributed by atoms with Crippen LogP contribution in [0.4, 0.5) is 5.13 Å². The first kappa shape index (κ1) is 19.2. The summed E-state index contributed by atoms with van der Waals surface area (Å²) in [5.74, 6) is -0.369. The number of benzene rings is 2. The normalized spacial score (nSPS) is 11.3. The smallest absolute Gasteiger partial charge is 0.270 e. The number of carbonyl (C=O) groups is 1. The monoisotopic (exact) mass is 402 g/mol. The molecule has 1 aromatic heterocycles. The van der Waals surface area contributed by atoms with Gasteiger partial charge in [0, 0.05) is 12.1 Å². The van der Waals surface area contributed by atoms with Gasteiger partial charge in [-0.1, -0.05) is 53.3 Å². The fourth-order valence-corrected chi connectivity index (χ4v) is 4.31. The zero-order valence-corrected chi connectivity index (χ0v) is 16.4. The van der Waals surface area contributed by atoms with E-state index in [1.165, 1.54) is 0 Å². The second kappa shape index (κ2) is 7.95. The molecule has 1 heterocycles. The van der Waals surface area contributed by atoms with E-state index in [9.17, 15) is 13.2 Å². The fourth-order valence-electron chi connectivity index (χ4n) is 2.37. The number of aromatic nitrogens is 2. The van der Waals surface area contributed by atoms with Crippen molar-refractivity contribution in [1.29, 1.82) is 0 Å². The Bertz CT molecular complexity index is 1080. The summed E-state index contributed by atoms with van der Waals surface area (Å²) in [6.45, 7) is 3.94. The summed E-state index contributed by atoms with van der Waals surface area (Å²) in [4.78, 5) is 12.2. The lowest BCUT2D eigenvalue weighted by Crippen LogP contribution is -2.23. The summed E-state index contributed by atoms with van der Waals surface area (Å²) < 4.78 is 27.1. The highest BCUT2D eigenvalue weighted by Gasteiger charge is 2.21. The van der Waals surface area contributed by atoms with Gasteiger partial charge >= 0.3 is 0 Å². The minimum absolute atomic E-state index is 0.123. The second-order valence-electron chi connectivity index (χ2n) is 5.95. The number of sulfonamides is 1. The van der Waals surface area contributed by atoms with E-state index in [2.05, 4.69) is 20.2 Å². The van der Waals surface area contributed by atoms with Gasteiger partial charge in [0.1, 0.15) is 0 Å². The van der Waals surface area contributed by atoms with Gasteiger partial charge in [0.2, 0.25) is 9.47 Å². The molecule has 1 amide bonds. The Morgan fingerprint density at radius 3 is 2.59 bits per heavy atom. The van der Waals surface area contributed by atoms with Crippen molar-refractivity contribution in [3.8, 4) is 0 Å². The fraction of sp³-hybridized carbons (Fsp3) is 0.167. The number of anilines is 1.